The molecule has 1 aliphatic heterocycles. The maximum atomic E-state index is 13.6. The zero-order valence-electron chi connectivity index (χ0n) is 21.2. The lowest BCUT2D eigenvalue weighted by Crippen LogP contribution is -2.38. The summed E-state index contributed by atoms with van der Waals surface area (Å²) in [5.41, 5.74) is 2.28. The van der Waals surface area contributed by atoms with Gasteiger partial charge in [-0.05, 0) is 42.0 Å². The monoisotopic (exact) mass is 566 g/mol. The molecule has 0 atom stereocenters. The molecule has 5 rings (SSSR count). The van der Waals surface area contributed by atoms with Gasteiger partial charge in [-0.3, -0.25) is 9.59 Å². The fraction of sp³-hybridized carbons (Fsp3) is 0.259. The molecule has 1 aliphatic rings. The molecule has 4 aromatic rings. The quantitative estimate of drug-likeness (QED) is 0.349. The van der Waals surface area contributed by atoms with Gasteiger partial charge >= 0.3 is 0 Å². The molecule has 2 aromatic carbocycles. The number of sulfonamides is 1. The Morgan fingerprint density at radius 1 is 1.05 bits per heavy atom. The number of carbonyl (C=O) groups is 2. The van der Waals surface area contributed by atoms with Crippen LogP contribution in [0.25, 0.3) is 5.65 Å². The van der Waals surface area contributed by atoms with Gasteiger partial charge in [0.25, 0.3) is 11.8 Å². The first-order valence-electron chi connectivity index (χ1n) is 12.4. The number of nitrogens with one attached hydrogen (secondary N) is 2. The molecular weight excluding hydrogens is 540 g/mol. The first kappa shape index (κ1) is 26.6. The number of nitrogens with zero attached hydrogens (tertiary/aromatic N) is 4. The van der Waals surface area contributed by atoms with Crippen molar-refractivity contribution in [1.29, 1.82) is 0 Å². The highest BCUT2D eigenvalue weighted by Gasteiger charge is 2.27. The number of amides is 2. The summed E-state index contributed by atoms with van der Waals surface area (Å²) in [6, 6.07) is 19.1. The molecule has 0 aliphatic carbocycles. The summed E-state index contributed by atoms with van der Waals surface area (Å²) in [7, 11) is -3.82. The van der Waals surface area contributed by atoms with Crippen molar-refractivity contribution in [2.24, 2.45) is 0 Å². The number of rotatable bonds is 7. The number of benzene rings is 2. The van der Waals surface area contributed by atoms with Gasteiger partial charge in [0.05, 0.1) is 12.5 Å². The number of halogens is 1. The van der Waals surface area contributed by atoms with E-state index in [1.807, 2.05) is 41.1 Å². The molecule has 2 amide bonds. The predicted molar refractivity (Wildman–Crippen MR) is 148 cm³/mol. The summed E-state index contributed by atoms with van der Waals surface area (Å²) >= 11 is 6.12. The van der Waals surface area contributed by atoms with Gasteiger partial charge in [-0.2, -0.15) is 9.61 Å². The number of anilines is 1. The Labute approximate surface area is 231 Å². The van der Waals surface area contributed by atoms with E-state index in [-0.39, 0.29) is 22.8 Å². The number of hydrogen-bond donors (Lipinski definition) is 2. The minimum absolute atomic E-state index is 0.0646. The van der Waals surface area contributed by atoms with Crippen molar-refractivity contribution in [3.05, 3.63) is 94.3 Å². The fourth-order valence-corrected chi connectivity index (χ4v) is 5.38. The maximum Gasteiger partial charge on any atom is 0.272 e. The lowest BCUT2D eigenvalue weighted by atomic mass is 9.89. The van der Waals surface area contributed by atoms with Crippen LogP contribution in [0.15, 0.2) is 66.9 Å². The summed E-state index contributed by atoms with van der Waals surface area (Å²) in [4.78, 5) is 32.5. The van der Waals surface area contributed by atoms with E-state index in [0.717, 1.165) is 24.7 Å². The first-order valence-corrected chi connectivity index (χ1v) is 14.7. The lowest BCUT2D eigenvalue weighted by Gasteiger charge is -2.32. The van der Waals surface area contributed by atoms with E-state index in [9.17, 15) is 18.0 Å². The van der Waals surface area contributed by atoms with Crippen LogP contribution in [0.2, 0.25) is 5.02 Å². The van der Waals surface area contributed by atoms with Crippen LogP contribution < -0.4 is 10.0 Å². The van der Waals surface area contributed by atoms with Crippen LogP contribution in [0, 0.1) is 0 Å². The van der Waals surface area contributed by atoms with Crippen LogP contribution in [0.5, 0.6) is 0 Å². The van der Waals surface area contributed by atoms with Crippen LogP contribution in [0.3, 0.4) is 0 Å². The van der Waals surface area contributed by atoms with Crippen molar-refractivity contribution in [1.82, 2.24) is 24.2 Å². The van der Waals surface area contributed by atoms with E-state index < -0.39 is 15.9 Å². The third-order valence-electron chi connectivity index (χ3n) is 6.63. The smallest absolute Gasteiger partial charge is 0.272 e. The van der Waals surface area contributed by atoms with Crippen molar-refractivity contribution in [2.45, 2.75) is 25.3 Å². The molecular formula is C27H27ClN6O4S. The van der Waals surface area contributed by atoms with E-state index in [2.05, 4.69) is 27.5 Å². The zero-order chi connectivity index (χ0) is 27.6. The molecule has 2 N–H and O–H groups in total. The van der Waals surface area contributed by atoms with Crippen molar-refractivity contribution in [3.8, 4) is 0 Å². The molecule has 0 spiro atoms. The normalized spacial score (nSPS) is 14.4. The van der Waals surface area contributed by atoms with Crippen molar-refractivity contribution in [2.75, 3.05) is 24.7 Å². The number of fused-ring (bicyclic) bond motifs is 1. The number of piperidine rings is 1. The van der Waals surface area contributed by atoms with Gasteiger partial charge in [0, 0.05) is 30.7 Å². The first-order chi connectivity index (χ1) is 18.7. The second kappa shape index (κ2) is 11.0. The van der Waals surface area contributed by atoms with Gasteiger partial charge in [-0.1, -0.05) is 54.1 Å². The van der Waals surface area contributed by atoms with Crippen molar-refractivity contribution >= 4 is 44.9 Å². The number of carbonyl (C=O) groups excluding carboxylic acids is 2. The Morgan fingerprint density at radius 2 is 1.79 bits per heavy atom. The van der Waals surface area contributed by atoms with Gasteiger partial charge in [-0.15, -0.1) is 0 Å². The second-order valence-electron chi connectivity index (χ2n) is 9.48. The zero-order valence-corrected chi connectivity index (χ0v) is 22.7. The predicted octanol–water partition coefficient (Wildman–Crippen LogP) is 3.70. The van der Waals surface area contributed by atoms with E-state index in [4.69, 9.17) is 11.6 Å². The molecule has 1 fully saturated rings. The van der Waals surface area contributed by atoms with Gasteiger partial charge < -0.3 is 10.2 Å². The number of hydrogen-bond acceptors (Lipinski definition) is 7. The Kier molecular flexibility index (Phi) is 7.53. The second-order valence-corrected chi connectivity index (χ2v) is 11.7. The average molecular weight is 567 g/mol. The minimum Gasteiger partial charge on any atom is -0.366 e. The van der Waals surface area contributed by atoms with Crippen LogP contribution >= 0.6 is 11.6 Å². The third kappa shape index (κ3) is 6.21. The molecule has 12 heteroatoms. The molecule has 1 saturated heterocycles. The van der Waals surface area contributed by atoms with Crippen LogP contribution in [0.1, 0.15) is 50.7 Å². The molecule has 0 unspecified atom stereocenters. The summed E-state index contributed by atoms with van der Waals surface area (Å²) < 4.78 is 26.7. The average Bonchev–Trinajstić information content (AvgIpc) is 3.35. The van der Waals surface area contributed by atoms with Gasteiger partial charge in [-0.25, -0.2) is 18.1 Å². The number of aromatic nitrogens is 3. The van der Waals surface area contributed by atoms with Crippen LogP contribution in [-0.4, -0.2) is 59.1 Å². The van der Waals surface area contributed by atoms with Crippen LogP contribution in [-0.2, 0) is 16.6 Å². The Morgan fingerprint density at radius 3 is 2.49 bits per heavy atom. The van der Waals surface area contributed by atoms with E-state index in [1.165, 1.54) is 16.3 Å². The molecule has 0 radical (unpaired) electrons. The Balaban J connectivity index is 1.44. The minimum atomic E-state index is -3.82. The van der Waals surface area contributed by atoms with E-state index in [1.54, 1.807) is 17.0 Å². The molecule has 3 heterocycles. The highest BCUT2D eigenvalue weighted by molar-refractivity contribution is 7.89. The molecule has 2 aromatic heterocycles. The topological polar surface area (TPSA) is 126 Å². The van der Waals surface area contributed by atoms with Crippen LogP contribution in [0.4, 0.5) is 5.82 Å². The van der Waals surface area contributed by atoms with Crippen molar-refractivity contribution < 1.29 is 18.0 Å². The standard InChI is InChI=1S/C27H27ClN6O4S/c1-39(37,38)32-26(35)22-17-30-34-24(29-16-18-6-5-9-21(28)14-18)15-23(31-25(22)34)27(36)33-12-10-20(11-13-33)19-7-3-2-4-8-19/h2-9,14-15,17,20,29H,10-13,16H2,1H3,(H,32,35). The summed E-state index contributed by atoms with van der Waals surface area (Å²) in [5, 5.41) is 8.07. The Bertz CT molecular complexity index is 1630. The SMILES string of the molecule is CS(=O)(=O)NC(=O)c1cnn2c(NCc3cccc(Cl)c3)cc(C(=O)N3CCC(c4ccccc4)CC3)nc12. The fourth-order valence-electron chi connectivity index (χ4n) is 4.72. The summed E-state index contributed by atoms with van der Waals surface area (Å²) in [6.45, 7) is 1.49. The van der Waals surface area contributed by atoms with Gasteiger partial charge in [0.2, 0.25) is 10.0 Å². The summed E-state index contributed by atoms with van der Waals surface area (Å²) in [6.07, 6.45) is 3.77. The van der Waals surface area contributed by atoms with Crippen molar-refractivity contribution in [3.63, 3.8) is 0 Å². The van der Waals surface area contributed by atoms with E-state index >= 15 is 0 Å². The third-order valence-corrected chi connectivity index (χ3v) is 7.42. The maximum absolute atomic E-state index is 13.6. The molecule has 0 bridgehead atoms. The lowest BCUT2D eigenvalue weighted by molar-refractivity contribution is 0.0707. The largest absolute Gasteiger partial charge is 0.366 e. The Hall–Kier alpha value is -3.96. The number of likely N-dealkylation sites (tertiary alicyclic amines) is 1. The molecule has 39 heavy (non-hydrogen) atoms. The molecule has 0 saturated carbocycles. The van der Waals surface area contributed by atoms with Gasteiger partial charge in [0.1, 0.15) is 17.1 Å². The summed E-state index contributed by atoms with van der Waals surface area (Å²) in [5.74, 6) is -0.359. The molecule has 10 nitrogen and oxygen atoms in total. The highest BCUT2D eigenvalue weighted by Crippen LogP contribution is 2.29. The molecule has 202 valence electrons. The van der Waals surface area contributed by atoms with E-state index in [0.29, 0.717) is 36.4 Å². The van der Waals surface area contributed by atoms with Gasteiger partial charge in [0.15, 0.2) is 5.65 Å². The highest BCUT2D eigenvalue weighted by atomic mass is 35.5.